The van der Waals surface area contributed by atoms with Crippen LogP contribution in [0, 0.1) is 5.41 Å². The molecule has 0 aromatic rings. The van der Waals surface area contributed by atoms with Gasteiger partial charge in [0.1, 0.15) is 0 Å². The summed E-state index contributed by atoms with van der Waals surface area (Å²) in [6.45, 7) is 5.47. The third-order valence-electron chi connectivity index (χ3n) is 1.54. The van der Waals surface area contributed by atoms with Crippen molar-refractivity contribution in [2.75, 3.05) is 13.1 Å². The fraction of sp³-hybridized carbons (Fsp3) is 0.750. The molecule has 0 heterocycles. The summed E-state index contributed by atoms with van der Waals surface area (Å²) in [5.74, 6) is -0.143. The Labute approximate surface area is 83.0 Å². The first-order chi connectivity index (χ1) is 6.25. The predicted octanol–water partition coefficient (Wildman–Crippen LogP) is -0.0814. The quantitative estimate of drug-likeness (QED) is 0.442. The van der Waals surface area contributed by atoms with Crippen LogP contribution in [-0.4, -0.2) is 35.3 Å². The van der Waals surface area contributed by atoms with E-state index in [-0.39, 0.29) is 19.0 Å². The van der Waals surface area contributed by atoms with Gasteiger partial charge in [0.05, 0.1) is 6.54 Å². The minimum Gasteiger partial charge on any atom is -0.354 e. The van der Waals surface area contributed by atoms with Crippen molar-refractivity contribution in [3.63, 3.8) is 0 Å². The summed E-state index contributed by atoms with van der Waals surface area (Å²) in [5.41, 5.74) is 4.28. The number of hydroxylamine groups is 2. The molecule has 0 saturated carbocycles. The van der Waals surface area contributed by atoms with E-state index < -0.39 is 11.4 Å². The van der Waals surface area contributed by atoms with Crippen LogP contribution in [0.25, 0.3) is 0 Å². The number of urea groups is 1. The molecule has 0 unspecified atom stereocenters. The zero-order valence-corrected chi connectivity index (χ0v) is 8.70. The SMILES string of the molecule is CC(C)(C)C(=O)NCCN(O)C(N)=O. The maximum Gasteiger partial charge on any atom is 0.338 e. The molecular weight excluding hydrogens is 186 g/mol. The lowest BCUT2D eigenvalue weighted by molar-refractivity contribution is -0.128. The third kappa shape index (κ3) is 4.66. The molecule has 14 heavy (non-hydrogen) atoms. The molecule has 4 N–H and O–H groups in total. The number of carbonyl (C=O) groups is 2. The van der Waals surface area contributed by atoms with Crippen LogP contribution in [0.15, 0.2) is 0 Å². The molecule has 6 nitrogen and oxygen atoms in total. The Morgan fingerprint density at radius 3 is 2.29 bits per heavy atom. The lowest BCUT2D eigenvalue weighted by atomic mass is 9.96. The van der Waals surface area contributed by atoms with Crippen LogP contribution in [0.1, 0.15) is 20.8 Å². The highest BCUT2D eigenvalue weighted by Gasteiger charge is 2.20. The van der Waals surface area contributed by atoms with Crippen LogP contribution < -0.4 is 11.1 Å². The van der Waals surface area contributed by atoms with E-state index >= 15 is 0 Å². The fourth-order valence-electron chi connectivity index (χ4n) is 0.651. The molecule has 0 atom stereocenters. The number of hydrogen-bond acceptors (Lipinski definition) is 3. The Kier molecular flexibility index (Phi) is 4.36. The van der Waals surface area contributed by atoms with Gasteiger partial charge in [-0.15, -0.1) is 0 Å². The Hall–Kier alpha value is -1.30. The van der Waals surface area contributed by atoms with Gasteiger partial charge in [0.25, 0.3) is 0 Å². The average molecular weight is 203 g/mol. The zero-order chi connectivity index (χ0) is 11.4. The Morgan fingerprint density at radius 2 is 1.93 bits per heavy atom. The van der Waals surface area contributed by atoms with Crippen LogP contribution in [-0.2, 0) is 4.79 Å². The van der Waals surface area contributed by atoms with Crippen LogP contribution in [0.4, 0.5) is 4.79 Å². The van der Waals surface area contributed by atoms with E-state index in [9.17, 15) is 9.59 Å². The van der Waals surface area contributed by atoms with Gasteiger partial charge in [-0.05, 0) is 0 Å². The summed E-state index contributed by atoms with van der Waals surface area (Å²) in [5, 5.41) is 11.8. The number of primary amides is 1. The monoisotopic (exact) mass is 203 g/mol. The van der Waals surface area contributed by atoms with Gasteiger partial charge in [-0.3, -0.25) is 10.0 Å². The van der Waals surface area contributed by atoms with Crippen molar-refractivity contribution in [1.29, 1.82) is 0 Å². The summed E-state index contributed by atoms with van der Waals surface area (Å²) in [6, 6.07) is -0.935. The summed E-state index contributed by atoms with van der Waals surface area (Å²) >= 11 is 0. The fourth-order valence-corrected chi connectivity index (χ4v) is 0.651. The Balaban J connectivity index is 3.76. The third-order valence-corrected chi connectivity index (χ3v) is 1.54. The Morgan fingerprint density at radius 1 is 1.43 bits per heavy atom. The number of nitrogens with zero attached hydrogens (tertiary/aromatic N) is 1. The predicted molar refractivity (Wildman–Crippen MR) is 50.5 cm³/mol. The molecule has 0 aliphatic rings. The molecule has 0 aromatic carbocycles. The average Bonchev–Trinajstić information content (AvgIpc) is 2.01. The molecule has 6 heteroatoms. The molecule has 82 valence electrons. The Bertz CT molecular complexity index is 222. The van der Waals surface area contributed by atoms with Crippen molar-refractivity contribution < 1.29 is 14.8 Å². The second-order valence-electron chi connectivity index (χ2n) is 3.97. The molecular formula is C8H17N3O3. The van der Waals surface area contributed by atoms with Crippen molar-refractivity contribution >= 4 is 11.9 Å². The molecule has 0 aliphatic heterocycles. The second kappa shape index (κ2) is 4.80. The molecule has 0 aliphatic carbocycles. The second-order valence-corrected chi connectivity index (χ2v) is 3.97. The van der Waals surface area contributed by atoms with Crippen molar-refractivity contribution in [1.82, 2.24) is 10.4 Å². The summed E-state index contributed by atoms with van der Waals surface area (Å²) in [7, 11) is 0. The molecule has 0 fully saturated rings. The van der Waals surface area contributed by atoms with E-state index in [1.54, 1.807) is 20.8 Å². The maximum absolute atomic E-state index is 11.3. The first-order valence-corrected chi connectivity index (χ1v) is 4.29. The molecule has 0 bridgehead atoms. The smallest absolute Gasteiger partial charge is 0.338 e. The van der Waals surface area contributed by atoms with E-state index in [1.807, 2.05) is 0 Å². The van der Waals surface area contributed by atoms with Crippen molar-refractivity contribution in [2.45, 2.75) is 20.8 Å². The summed E-state index contributed by atoms with van der Waals surface area (Å²) in [4.78, 5) is 21.6. The van der Waals surface area contributed by atoms with Crippen molar-refractivity contribution in [3.05, 3.63) is 0 Å². The number of nitrogens with one attached hydrogen (secondary N) is 1. The van der Waals surface area contributed by atoms with Crippen LogP contribution in [0.5, 0.6) is 0 Å². The highest BCUT2D eigenvalue weighted by molar-refractivity contribution is 5.81. The van der Waals surface area contributed by atoms with Gasteiger partial charge in [-0.2, -0.15) is 0 Å². The van der Waals surface area contributed by atoms with Gasteiger partial charge in [0, 0.05) is 12.0 Å². The van der Waals surface area contributed by atoms with Gasteiger partial charge in [-0.25, -0.2) is 9.86 Å². The summed E-state index contributed by atoms with van der Waals surface area (Å²) in [6.07, 6.45) is 0. The number of hydrogen-bond donors (Lipinski definition) is 3. The molecule has 0 saturated heterocycles. The van der Waals surface area contributed by atoms with Crippen molar-refractivity contribution in [3.8, 4) is 0 Å². The standard InChI is InChI=1S/C8H17N3O3/c1-8(2,3)6(12)10-4-5-11(14)7(9)13/h14H,4-5H2,1-3H3,(H2,9,13)(H,10,12). The van der Waals surface area contributed by atoms with E-state index in [4.69, 9.17) is 10.9 Å². The highest BCUT2D eigenvalue weighted by Crippen LogP contribution is 2.11. The normalized spacial score (nSPS) is 10.9. The topological polar surface area (TPSA) is 95.7 Å². The highest BCUT2D eigenvalue weighted by atomic mass is 16.5. The molecule has 0 aromatic heterocycles. The van der Waals surface area contributed by atoms with E-state index in [1.165, 1.54) is 0 Å². The van der Waals surface area contributed by atoms with Crippen LogP contribution in [0.3, 0.4) is 0 Å². The van der Waals surface area contributed by atoms with E-state index in [0.29, 0.717) is 5.06 Å². The molecule has 0 spiro atoms. The number of amides is 3. The molecule has 3 amide bonds. The van der Waals surface area contributed by atoms with E-state index in [2.05, 4.69) is 5.32 Å². The number of carbonyl (C=O) groups excluding carboxylic acids is 2. The first-order valence-electron chi connectivity index (χ1n) is 4.29. The van der Waals surface area contributed by atoms with Gasteiger partial charge in [-0.1, -0.05) is 20.8 Å². The first kappa shape index (κ1) is 12.7. The lowest BCUT2D eigenvalue weighted by Gasteiger charge is -2.18. The lowest BCUT2D eigenvalue weighted by Crippen LogP contribution is -2.42. The largest absolute Gasteiger partial charge is 0.354 e. The number of rotatable bonds is 3. The van der Waals surface area contributed by atoms with Gasteiger partial charge in [0.2, 0.25) is 5.91 Å². The zero-order valence-electron chi connectivity index (χ0n) is 8.70. The van der Waals surface area contributed by atoms with Gasteiger partial charge >= 0.3 is 6.03 Å². The number of nitrogens with two attached hydrogens (primary N) is 1. The minimum absolute atomic E-state index is 0.0167. The van der Waals surface area contributed by atoms with Gasteiger partial charge < -0.3 is 11.1 Å². The maximum atomic E-state index is 11.3. The summed E-state index contributed by atoms with van der Waals surface area (Å²) < 4.78 is 0. The minimum atomic E-state index is -0.935. The molecule has 0 radical (unpaired) electrons. The van der Waals surface area contributed by atoms with Crippen LogP contribution in [0.2, 0.25) is 0 Å². The van der Waals surface area contributed by atoms with Crippen molar-refractivity contribution in [2.24, 2.45) is 11.1 Å². The van der Waals surface area contributed by atoms with Gasteiger partial charge in [0.15, 0.2) is 0 Å². The van der Waals surface area contributed by atoms with Crippen LogP contribution >= 0.6 is 0 Å². The molecule has 0 rings (SSSR count). The van der Waals surface area contributed by atoms with E-state index in [0.717, 1.165) is 0 Å².